The molecule has 0 aromatic carbocycles. The van der Waals surface area contributed by atoms with Crippen molar-refractivity contribution in [2.45, 2.75) is 52.0 Å². The van der Waals surface area contributed by atoms with E-state index in [9.17, 15) is 14.4 Å². The number of hydrogen-bond donors (Lipinski definition) is 3. The topological polar surface area (TPSA) is 113 Å². The van der Waals surface area contributed by atoms with Gasteiger partial charge in [0, 0.05) is 13.1 Å². The van der Waals surface area contributed by atoms with E-state index >= 15 is 0 Å². The first-order chi connectivity index (χ1) is 9.42. The Balaban J connectivity index is 4.59. The zero-order valence-electron chi connectivity index (χ0n) is 12.2. The third-order valence-electron chi connectivity index (χ3n) is 2.85. The van der Waals surface area contributed by atoms with Crippen LogP contribution in [-0.2, 0) is 9.59 Å². The van der Waals surface area contributed by atoms with Gasteiger partial charge in [-0.15, -0.1) is 0 Å². The second-order valence-electron chi connectivity index (χ2n) is 4.70. The van der Waals surface area contributed by atoms with Crippen molar-refractivity contribution in [2.75, 3.05) is 13.1 Å². The first-order valence-corrected chi connectivity index (χ1v) is 6.98. The lowest BCUT2D eigenvalue weighted by Gasteiger charge is -2.24. The average molecular weight is 287 g/mol. The number of unbranched alkanes of at least 4 members (excludes halogenated alkanes) is 2. The summed E-state index contributed by atoms with van der Waals surface area (Å²) in [5.74, 6) is -2.02. The first kappa shape index (κ1) is 18.2. The summed E-state index contributed by atoms with van der Waals surface area (Å²) in [6.45, 7) is 5.18. The SMILES string of the molecule is CCCCN(CCCC)C(=O)N[C@H](CC(N)=O)C(=O)O. The Morgan fingerprint density at radius 3 is 2.00 bits per heavy atom. The van der Waals surface area contributed by atoms with Crippen LogP contribution in [-0.4, -0.2) is 47.0 Å². The van der Waals surface area contributed by atoms with E-state index in [1.165, 1.54) is 0 Å². The van der Waals surface area contributed by atoms with Crippen molar-refractivity contribution in [1.29, 1.82) is 0 Å². The van der Waals surface area contributed by atoms with E-state index in [4.69, 9.17) is 10.8 Å². The molecule has 7 nitrogen and oxygen atoms in total. The fourth-order valence-electron chi connectivity index (χ4n) is 1.65. The molecule has 116 valence electrons. The summed E-state index contributed by atoms with van der Waals surface area (Å²) >= 11 is 0. The maximum Gasteiger partial charge on any atom is 0.326 e. The van der Waals surface area contributed by atoms with Gasteiger partial charge in [0.2, 0.25) is 5.91 Å². The minimum absolute atomic E-state index is 0.406. The Bertz CT molecular complexity index is 326. The summed E-state index contributed by atoms with van der Waals surface area (Å²) in [6, 6.07) is -1.73. The number of rotatable bonds is 10. The fourth-order valence-corrected chi connectivity index (χ4v) is 1.65. The van der Waals surface area contributed by atoms with Crippen LogP contribution in [0.4, 0.5) is 4.79 Å². The lowest BCUT2D eigenvalue weighted by atomic mass is 10.2. The Hall–Kier alpha value is -1.79. The Kier molecular flexibility index (Phi) is 9.15. The standard InChI is InChI=1S/C13H25N3O4/c1-3-5-7-16(8-6-4-2)13(20)15-10(12(18)19)9-11(14)17/h10H,3-9H2,1-2H3,(H2,14,17)(H,15,20)(H,18,19)/t10-/m1/s1. The number of nitrogens with zero attached hydrogens (tertiary/aromatic N) is 1. The average Bonchev–Trinajstić information content (AvgIpc) is 2.37. The number of carboxylic acid groups (broad SMARTS) is 1. The Morgan fingerprint density at radius 1 is 1.15 bits per heavy atom. The second-order valence-corrected chi connectivity index (χ2v) is 4.70. The molecule has 1 atom stereocenters. The van der Waals surface area contributed by atoms with Gasteiger partial charge in [0.25, 0.3) is 0 Å². The third-order valence-corrected chi connectivity index (χ3v) is 2.85. The van der Waals surface area contributed by atoms with Crippen LogP contribution < -0.4 is 11.1 Å². The third kappa shape index (κ3) is 7.60. The highest BCUT2D eigenvalue weighted by Gasteiger charge is 2.24. The Morgan fingerprint density at radius 2 is 1.65 bits per heavy atom. The highest BCUT2D eigenvalue weighted by atomic mass is 16.4. The van der Waals surface area contributed by atoms with Crippen LogP contribution in [0.3, 0.4) is 0 Å². The maximum atomic E-state index is 12.1. The molecule has 0 aliphatic rings. The molecule has 7 heteroatoms. The molecule has 0 aliphatic heterocycles. The molecule has 0 aromatic rings. The molecular formula is C13H25N3O4. The molecule has 0 unspecified atom stereocenters. The highest BCUT2D eigenvalue weighted by Crippen LogP contribution is 2.02. The molecule has 20 heavy (non-hydrogen) atoms. The van der Waals surface area contributed by atoms with Crippen LogP contribution in [0.1, 0.15) is 46.0 Å². The second kappa shape index (κ2) is 10.1. The zero-order chi connectivity index (χ0) is 15.5. The van der Waals surface area contributed by atoms with Gasteiger partial charge in [0.1, 0.15) is 6.04 Å². The minimum atomic E-state index is -1.27. The molecule has 3 amide bonds. The lowest BCUT2D eigenvalue weighted by molar-refractivity contribution is -0.140. The summed E-state index contributed by atoms with van der Waals surface area (Å²) < 4.78 is 0. The summed E-state index contributed by atoms with van der Waals surface area (Å²) in [5.41, 5.74) is 4.98. The molecule has 0 bridgehead atoms. The molecule has 0 radical (unpaired) electrons. The smallest absolute Gasteiger partial charge is 0.326 e. The van der Waals surface area contributed by atoms with Crippen LogP contribution in [0.15, 0.2) is 0 Å². The number of primary amides is 1. The van der Waals surface area contributed by atoms with Gasteiger partial charge in [-0.25, -0.2) is 9.59 Å². The number of nitrogens with two attached hydrogens (primary N) is 1. The molecule has 0 spiro atoms. The van der Waals surface area contributed by atoms with Gasteiger partial charge in [-0.1, -0.05) is 26.7 Å². The molecule has 4 N–H and O–H groups in total. The van der Waals surface area contributed by atoms with Gasteiger partial charge in [-0.2, -0.15) is 0 Å². The maximum absolute atomic E-state index is 12.1. The number of hydrogen-bond acceptors (Lipinski definition) is 3. The normalized spacial score (nSPS) is 11.7. The van der Waals surface area contributed by atoms with Crippen molar-refractivity contribution in [3.8, 4) is 0 Å². The fraction of sp³-hybridized carbons (Fsp3) is 0.769. The summed E-state index contributed by atoms with van der Waals surface area (Å²) in [6.07, 6.45) is 3.19. The molecule has 0 heterocycles. The van der Waals surface area contributed by atoms with E-state index in [2.05, 4.69) is 5.32 Å². The summed E-state index contributed by atoms with van der Waals surface area (Å²) in [5, 5.41) is 11.3. The van der Waals surface area contributed by atoms with E-state index in [-0.39, 0.29) is 0 Å². The largest absolute Gasteiger partial charge is 0.480 e. The minimum Gasteiger partial charge on any atom is -0.480 e. The van der Waals surface area contributed by atoms with Crippen LogP contribution >= 0.6 is 0 Å². The van der Waals surface area contributed by atoms with E-state index in [1.54, 1.807) is 4.90 Å². The van der Waals surface area contributed by atoms with Gasteiger partial charge < -0.3 is 21.1 Å². The van der Waals surface area contributed by atoms with Crippen molar-refractivity contribution >= 4 is 17.9 Å². The predicted molar refractivity (Wildman–Crippen MR) is 75.2 cm³/mol. The molecule has 0 fully saturated rings. The van der Waals surface area contributed by atoms with Gasteiger partial charge >= 0.3 is 12.0 Å². The van der Waals surface area contributed by atoms with E-state index in [0.29, 0.717) is 13.1 Å². The molecule has 0 aromatic heterocycles. The molecule has 0 aliphatic carbocycles. The van der Waals surface area contributed by atoms with E-state index in [1.807, 2.05) is 13.8 Å². The van der Waals surface area contributed by atoms with Gasteiger partial charge in [-0.05, 0) is 12.8 Å². The quantitative estimate of drug-likeness (QED) is 0.554. The number of amides is 3. The number of nitrogens with one attached hydrogen (secondary N) is 1. The van der Waals surface area contributed by atoms with Crippen molar-refractivity contribution in [3.05, 3.63) is 0 Å². The number of carbonyl (C=O) groups is 3. The van der Waals surface area contributed by atoms with Gasteiger partial charge in [-0.3, -0.25) is 4.79 Å². The van der Waals surface area contributed by atoms with Crippen molar-refractivity contribution < 1.29 is 19.5 Å². The molecular weight excluding hydrogens is 262 g/mol. The van der Waals surface area contributed by atoms with E-state index < -0.39 is 30.4 Å². The van der Waals surface area contributed by atoms with Crippen LogP contribution in [0.25, 0.3) is 0 Å². The van der Waals surface area contributed by atoms with Crippen LogP contribution in [0.5, 0.6) is 0 Å². The van der Waals surface area contributed by atoms with Gasteiger partial charge in [0.05, 0.1) is 6.42 Å². The summed E-state index contributed by atoms with van der Waals surface area (Å²) in [4.78, 5) is 35.4. The van der Waals surface area contributed by atoms with Crippen molar-refractivity contribution in [3.63, 3.8) is 0 Å². The number of aliphatic carboxylic acids is 1. The number of carbonyl (C=O) groups excluding carboxylic acids is 2. The first-order valence-electron chi connectivity index (χ1n) is 6.98. The van der Waals surface area contributed by atoms with E-state index in [0.717, 1.165) is 25.7 Å². The number of urea groups is 1. The van der Waals surface area contributed by atoms with Crippen LogP contribution in [0.2, 0.25) is 0 Å². The summed E-state index contributed by atoms with van der Waals surface area (Å²) in [7, 11) is 0. The van der Waals surface area contributed by atoms with Crippen molar-refractivity contribution in [2.24, 2.45) is 5.73 Å². The zero-order valence-corrected chi connectivity index (χ0v) is 12.2. The lowest BCUT2D eigenvalue weighted by Crippen LogP contribution is -2.49. The molecule has 0 saturated carbocycles. The van der Waals surface area contributed by atoms with Crippen LogP contribution in [0, 0.1) is 0 Å². The van der Waals surface area contributed by atoms with Gasteiger partial charge in [0.15, 0.2) is 0 Å². The number of carboxylic acids is 1. The Labute approximate surface area is 119 Å². The molecule has 0 saturated heterocycles. The van der Waals surface area contributed by atoms with Crippen molar-refractivity contribution in [1.82, 2.24) is 10.2 Å². The predicted octanol–water partition coefficient (Wildman–Crippen LogP) is 0.927. The monoisotopic (exact) mass is 287 g/mol. The highest BCUT2D eigenvalue weighted by molar-refractivity contribution is 5.87. The molecule has 0 rings (SSSR count).